The summed E-state index contributed by atoms with van der Waals surface area (Å²) in [6, 6.07) is 2.05. The van der Waals surface area contributed by atoms with E-state index in [2.05, 4.69) is 14.6 Å². The standard InChI is InChI=1S/C11H17N5/c1-9(12)11-7-13-8-16(11)6-4-10-3-5-14-15(10)2/h3,5,7-9H,4,6,12H2,1-2H3. The van der Waals surface area contributed by atoms with E-state index in [1.807, 2.05) is 43.4 Å². The van der Waals surface area contributed by atoms with E-state index in [-0.39, 0.29) is 6.04 Å². The van der Waals surface area contributed by atoms with Crippen LogP contribution in [0.1, 0.15) is 24.4 Å². The Kier molecular flexibility index (Phi) is 3.05. The van der Waals surface area contributed by atoms with Gasteiger partial charge in [0.1, 0.15) is 0 Å². The smallest absolute Gasteiger partial charge is 0.0948 e. The molecule has 0 aliphatic rings. The topological polar surface area (TPSA) is 61.7 Å². The van der Waals surface area contributed by atoms with Crippen molar-refractivity contribution in [2.75, 3.05) is 0 Å². The molecular weight excluding hydrogens is 202 g/mol. The van der Waals surface area contributed by atoms with Crippen molar-refractivity contribution < 1.29 is 0 Å². The van der Waals surface area contributed by atoms with Crippen LogP contribution in [0.4, 0.5) is 0 Å². The van der Waals surface area contributed by atoms with Gasteiger partial charge >= 0.3 is 0 Å². The molecule has 86 valence electrons. The van der Waals surface area contributed by atoms with Crippen molar-refractivity contribution in [3.63, 3.8) is 0 Å². The van der Waals surface area contributed by atoms with Crippen LogP contribution in [-0.2, 0) is 20.0 Å². The van der Waals surface area contributed by atoms with Gasteiger partial charge in [-0.1, -0.05) is 0 Å². The first kappa shape index (κ1) is 10.9. The lowest BCUT2D eigenvalue weighted by atomic mass is 10.2. The van der Waals surface area contributed by atoms with Crippen LogP contribution >= 0.6 is 0 Å². The highest BCUT2D eigenvalue weighted by Gasteiger charge is 2.07. The molecule has 2 rings (SSSR count). The first-order valence-electron chi connectivity index (χ1n) is 5.41. The minimum Gasteiger partial charge on any atom is -0.333 e. The fourth-order valence-corrected chi connectivity index (χ4v) is 1.78. The van der Waals surface area contributed by atoms with Gasteiger partial charge in [-0.05, 0) is 13.0 Å². The zero-order valence-electron chi connectivity index (χ0n) is 9.67. The van der Waals surface area contributed by atoms with Crippen molar-refractivity contribution in [3.05, 3.63) is 36.2 Å². The molecule has 2 N–H and O–H groups in total. The molecule has 0 spiro atoms. The fraction of sp³-hybridized carbons (Fsp3) is 0.455. The molecule has 0 aliphatic carbocycles. The van der Waals surface area contributed by atoms with Gasteiger partial charge in [-0.2, -0.15) is 5.10 Å². The summed E-state index contributed by atoms with van der Waals surface area (Å²) in [5.74, 6) is 0. The lowest BCUT2D eigenvalue weighted by molar-refractivity contribution is 0.597. The van der Waals surface area contributed by atoms with Crippen LogP contribution in [0.15, 0.2) is 24.8 Å². The molecule has 1 atom stereocenters. The third kappa shape index (κ3) is 2.14. The van der Waals surface area contributed by atoms with Gasteiger partial charge in [-0.15, -0.1) is 0 Å². The molecule has 5 heteroatoms. The third-order valence-electron chi connectivity index (χ3n) is 2.74. The summed E-state index contributed by atoms with van der Waals surface area (Å²) in [4.78, 5) is 4.13. The van der Waals surface area contributed by atoms with Crippen LogP contribution < -0.4 is 5.73 Å². The molecule has 0 radical (unpaired) electrons. The van der Waals surface area contributed by atoms with Crippen LogP contribution in [0.2, 0.25) is 0 Å². The average molecular weight is 219 g/mol. The number of aromatic nitrogens is 4. The van der Waals surface area contributed by atoms with Crippen molar-refractivity contribution in [1.82, 2.24) is 19.3 Å². The van der Waals surface area contributed by atoms with E-state index in [1.165, 1.54) is 5.69 Å². The lowest BCUT2D eigenvalue weighted by Crippen LogP contribution is -2.13. The predicted octanol–water partition coefficient (Wildman–Crippen LogP) is 0.879. The van der Waals surface area contributed by atoms with E-state index in [1.54, 1.807) is 0 Å². The fourth-order valence-electron chi connectivity index (χ4n) is 1.78. The second-order valence-corrected chi connectivity index (χ2v) is 4.00. The van der Waals surface area contributed by atoms with Gasteiger partial charge in [-0.25, -0.2) is 4.98 Å². The van der Waals surface area contributed by atoms with Crippen molar-refractivity contribution in [2.24, 2.45) is 12.8 Å². The van der Waals surface area contributed by atoms with Gasteiger partial charge < -0.3 is 10.3 Å². The van der Waals surface area contributed by atoms with Crippen molar-refractivity contribution in [3.8, 4) is 0 Å². The molecule has 0 fully saturated rings. The van der Waals surface area contributed by atoms with E-state index in [9.17, 15) is 0 Å². The second-order valence-electron chi connectivity index (χ2n) is 4.00. The van der Waals surface area contributed by atoms with E-state index in [0.29, 0.717) is 0 Å². The number of imidazole rings is 1. The predicted molar refractivity (Wildman–Crippen MR) is 61.7 cm³/mol. The van der Waals surface area contributed by atoms with E-state index < -0.39 is 0 Å². The molecule has 0 amide bonds. The third-order valence-corrected chi connectivity index (χ3v) is 2.74. The Hall–Kier alpha value is -1.62. The van der Waals surface area contributed by atoms with Crippen LogP contribution in [-0.4, -0.2) is 19.3 Å². The quantitative estimate of drug-likeness (QED) is 0.830. The highest BCUT2D eigenvalue weighted by atomic mass is 15.3. The molecule has 16 heavy (non-hydrogen) atoms. The Morgan fingerprint density at radius 2 is 2.31 bits per heavy atom. The van der Waals surface area contributed by atoms with Crippen molar-refractivity contribution >= 4 is 0 Å². The van der Waals surface area contributed by atoms with Gasteiger partial charge in [0, 0.05) is 44.1 Å². The number of aryl methyl sites for hydroxylation is 3. The highest BCUT2D eigenvalue weighted by Crippen LogP contribution is 2.09. The molecule has 0 aliphatic heterocycles. The molecule has 0 bridgehead atoms. The largest absolute Gasteiger partial charge is 0.333 e. The summed E-state index contributed by atoms with van der Waals surface area (Å²) >= 11 is 0. The first-order valence-corrected chi connectivity index (χ1v) is 5.41. The summed E-state index contributed by atoms with van der Waals surface area (Å²) in [6.45, 7) is 2.86. The minimum atomic E-state index is 0.0223. The monoisotopic (exact) mass is 219 g/mol. The summed E-state index contributed by atoms with van der Waals surface area (Å²) in [7, 11) is 1.95. The highest BCUT2D eigenvalue weighted by molar-refractivity contribution is 5.05. The number of hydrogen-bond acceptors (Lipinski definition) is 3. The van der Waals surface area contributed by atoms with E-state index >= 15 is 0 Å². The van der Waals surface area contributed by atoms with Gasteiger partial charge in [0.25, 0.3) is 0 Å². The lowest BCUT2D eigenvalue weighted by Gasteiger charge is -2.10. The molecule has 1 unspecified atom stereocenters. The van der Waals surface area contributed by atoms with Gasteiger partial charge in [-0.3, -0.25) is 4.68 Å². The Morgan fingerprint density at radius 3 is 2.94 bits per heavy atom. The Morgan fingerprint density at radius 1 is 1.50 bits per heavy atom. The molecular formula is C11H17N5. The maximum Gasteiger partial charge on any atom is 0.0948 e. The maximum atomic E-state index is 5.86. The number of nitrogens with two attached hydrogens (primary N) is 1. The Bertz CT molecular complexity index is 454. The van der Waals surface area contributed by atoms with Crippen LogP contribution in [0.5, 0.6) is 0 Å². The average Bonchev–Trinajstić information content (AvgIpc) is 2.83. The van der Waals surface area contributed by atoms with E-state index in [4.69, 9.17) is 5.73 Å². The second kappa shape index (κ2) is 4.49. The summed E-state index contributed by atoms with van der Waals surface area (Å²) < 4.78 is 3.99. The summed E-state index contributed by atoms with van der Waals surface area (Å²) in [5, 5.41) is 4.14. The van der Waals surface area contributed by atoms with Gasteiger partial charge in [0.15, 0.2) is 0 Å². The van der Waals surface area contributed by atoms with Gasteiger partial charge in [0.05, 0.1) is 12.0 Å². The first-order chi connectivity index (χ1) is 7.68. The molecule has 2 aromatic heterocycles. The Balaban J connectivity index is 2.05. The van der Waals surface area contributed by atoms with Crippen LogP contribution in [0, 0.1) is 0 Å². The molecule has 2 aromatic rings. The minimum absolute atomic E-state index is 0.0223. The van der Waals surface area contributed by atoms with Crippen LogP contribution in [0.3, 0.4) is 0 Å². The number of rotatable bonds is 4. The van der Waals surface area contributed by atoms with Crippen molar-refractivity contribution in [2.45, 2.75) is 25.9 Å². The zero-order chi connectivity index (χ0) is 11.5. The van der Waals surface area contributed by atoms with Gasteiger partial charge in [0.2, 0.25) is 0 Å². The normalized spacial score (nSPS) is 12.9. The summed E-state index contributed by atoms with van der Waals surface area (Å²) in [5.41, 5.74) is 8.14. The zero-order valence-corrected chi connectivity index (χ0v) is 9.67. The van der Waals surface area contributed by atoms with Crippen LogP contribution in [0.25, 0.3) is 0 Å². The molecule has 0 saturated heterocycles. The molecule has 5 nitrogen and oxygen atoms in total. The SMILES string of the molecule is CC(N)c1cncn1CCc1ccnn1C. The number of hydrogen-bond donors (Lipinski definition) is 1. The number of nitrogens with zero attached hydrogens (tertiary/aromatic N) is 4. The molecule has 0 saturated carbocycles. The Labute approximate surface area is 94.9 Å². The van der Waals surface area contributed by atoms with Crippen molar-refractivity contribution in [1.29, 1.82) is 0 Å². The summed E-state index contributed by atoms with van der Waals surface area (Å²) in [6.07, 6.45) is 6.41. The van der Waals surface area contributed by atoms with E-state index in [0.717, 1.165) is 18.7 Å². The molecule has 2 heterocycles. The maximum absolute atomic E-state index is 5.86. The molecule has 0 aromatic carbocycles.